The molecule has 0 bridgehead atoms. The zero-order valence-electron chi connectivity index (χ0n) is 17.8. The first kappa shape index (κ1) is 21.8. The van der Waals surface area contributed by atoms with E-state index >= 15 is 0 Å². The Balaban J connectivity index is 1.64. The first-order chi connectivity index (χ1) is 14.9. The molecule has 3 aromatic rings. The summed E-state index contributed by atoms with van der Waals surface area (Å²) in [5, 5.41) is 0. The van der Waals surface area contributed by atoms with Crippen LogP contribution in [0.2, 0.25) is 0 Å². The van der Waals surface area contributed by atoms with Crippen molar-refractivity contribution in [3.05, 3.63) is 96.1 Å². The summed E-state index contributed by atoms with van der Waals surface area (Å²) in [6.07, 6.45) is -0.363. The highest BCUT2D eigenvalue weighted by Crippen LogP contribution is 2.26. The molecule has 31 heavy (non-hydrogen) atoms. The standard InChI is InChI=1S/C26H24O5/c1-17(2)25(27)30-18(3)19-5-7-20(8-6-19)21-9-15-24(16-10-21)31-26(28)22-11-13-23(29-4)14-12-22/h5-16,18H,1H2,2-4H3. The normalized spacial score (nSPS) is 11.3. The number of carbonyl (C=O) groups excluding carboxylic acids is 2. The largest absolute Gasteiger partial charge is 0.497 e. The van der Waals surface area contributed by atoms with Crippen LogP contribution in [0.4, 0.5) is 0 Å². The smallest absolute Gasteiger partial charge is 0.343 e. The van der Waals surface area contributed by atoms with Crippen molar-refractivity contribution in [1.29, 1.82) is 0 Å². The van der Waals surface area contributed by atoms with Gasteiger partial charge >= 0.3 is 11.9 Å². The lowest BCUT2D eigenvalue weighted by molar-refractivity contribution is -0.143. The van der Waals surface area contributed by atoms with Gasteiger partial charge in [-0.3, -0.25) is 0 Å². The van der Waals surface area contributed by atoms with E-state index in [1.807, 2.05) is 43.3 Å². The van der Waals surface area contributed by atoms with Crippen LogP contribution < -0.4 is 9.47 Å². The summed E-state index contributed by atoms with van der Waals surface area (Å²) in [5.74, 6) is 0.297. The Kier molecular flexibility index (Phi) is 6.88. The molecule has 3 rings (SSSR count). The average Bonchev–Trinajstić information content (AvgIpc) is 2.79. The summed E-state index contributed by atoms with van der Waals surface area (Å²) < 4.78 is 15.9. The minimum absolute atomic E-state index is 0.363. The lowest BCUT2D eigenvalue weighted by Crippen LogP contribution is -2.09. The summed E-state index contributed by atoms with van der Waals surface area (Å²) >= 11 is 0. The molecule has 0 saturated carbocycles. The molecule has 0 fully saturated rings. The Morgan fingerprint density at radius 3 is 1.84 bits per heavy atom. The summed E-state index contributed by atoms with van der Waals surface area (Å²) in [5.41, 5.74) is 3.68. The van der Waals surface area contributed by atoms with Crippen LogP contribution in [-0.2, 0) is 9.53 Å². The fourth-order valence-electron chi connectivity index (χ4n) is 2.88. The van der Waals surface area contributed by atoms with Gasteiger partial charge in [-0.25, -0.2) is 9.59 Å². The number of methoxy groups -OCH3 is 1. The fourth-order valence-corrected chi connectivity index (χ4v) is 2.88. The third kappa shape index (κ3) is 5.60. The van der Waals surface area contributed by atoms with Crippen LogP contribution in [0.1, 0.15) is 35.9 Å². The minimum Gasteiger partial charge on any atom is -0.497 e. The SMILES string of the molecule is C=C(C)C(=O)OC(C)c1ccc(-c2ccc(OC(=O)c3ccc(OC)cc3)cc2)cc1. The molecule has 0 saturated heterocycles. The molecular weight excluding hydrogens is 392 g/mol. The maximum Gasteiger partial charge on any atom is 0.343 e. The Bertz CT molecular complexity index is 1060. The van der Waals surface area contributed by atoms with Gasteiger partial charge in [-0.1, -0.05) is 43.0 Å². The summed E-state index contributed by atoms with van der Waals surface area (Å²) in [7, 11) is 1.57. The monoisotopic (exact) mass is 416 g/mol. The molecular formula is C26H24O5. The molecule has 0 spiro atoms. The highest BCUT2D eigenvalue weighted by atomic mass is 16.5. The van der Waals surface area contributed by atoms with E-state index in [1.165, 1.54) is 0 Å². The maximum absolute atomic E-state index is 12.3. The second-order valence-electron chi connectivity index (χ2n) is 7.09. The van der Waals surface area contributed by atoms with Crippen LogP contribution in [0, 0.1) is 0 Å². The van der Waals surface area contributed by atoms with Gasteiger partial charge in [0.05, 0.1) is 12.7 Å². The van der Waals surface area contributed by atoms with Crippen molar-refractivity contribution in [2.24, 2.45) is 0 Å². The molecule has 0 radical (unpaired) electrons. The molecule has 0 aliphatic rings. The summed E-state index contributed by atoms with van der Waals surface area (Å²) in [4.78, 5) is 24.0. The number of hydrogen-bond donors (Lipinski definition) is 0. The highest BCUT2D eigenvalue weighted by molar-refractivity contribution is 5.91. The molecule has 0 amide bonds. The quantitative estimate of drug-likeness (QED) is 0.278. The van der Waals surface area contributed by atoms with E-state index in [0.29, 0.717) is 22.6 Å². The fraction of sp³-hybridized carbons (Fsp3) is 0.154. The topological polar surface area (TPSA) is 61.8 Å². The average molecular weight is 416 g/mol. The molecule has 1 unspecified atom stereocenters. The van der Waals surface area contributed by atoms with E-state index in [1.54, 1.807) is 50.4 Å². The number of benzene rings is 3. The molecule has 158 valence electrons. The number of hydrogen-bond acceptors (Lipinski definition) is 5. The van der Waals surface area contributed by atoms with Gasteiger partial charge < -0.3 is 14.2 Å². The molecule has 0 aliphatic heterocycles. The van der Waals surface area contributed by atoms with E-state index in [-0.39, 0.29) is 6.10 Å². The molecule has 0 aliphatic carbocycles. The van der Waals surface area contributed by atoms with Crippen LogP contribution >= 0.6 is 0 Å². The van der Waals surface area contributed by atoms with Gasteiger partial charge in [-0.15, -0.1) is 0 Å². The van der Waals surface area contributed by atoms with Crippen molar-refractivity contribution in [3.8, 4) is 22.6 Å². The van der Waals surface area contributed by atoms with E-state index in [4.69, 9.17) is 14.2 Å². The number of esters is 2. The van der Waals surface area contributed by atoms with E-state index in [0.717, 1.165) is 16.7 Å². The van der Waals surface area contributed by atoms with E-state index < -0.39 is 11.9 Å². The van der Waals surface area contributed by atoms with Crippen LogP contribution in [0.5, 0.6) is 11.5 Å². The van der Waals surface area contributed by atoms with Crippen molar-refractivity contribution in [3.63, 3.8) is 0 Å². The molecule has 5 nitrogen and oxygen atoms in total. The van der Waals surface area contributed by atoms with Gasteiger partial charge in [0.15, 0.2) is 0 Å². The van der Waals surface area contributed by atoms with Crippen molar-refractivity contribution in [1.82, 2.24) is 0 Å². The molecule has 0 heterocycles. The van der Waals surface area contributed by atoms with Crippen LogP contribution in [0.3, 0.4) is 0 Å². The number of rotatable bonds is 7. The third-order valence-corrected chi connectivity index (χ3v) is 4.74. The number of carbonyl (C=O) groups is 2. The summed E-state index contributed by atoms with van der Waals surface area (Å²) in [6.45, 7) is 7.04. The maximum atomic E-state index is 12.3. The zero-order valence-corrected chi connectivity index (χ0v) is 17.8. The van der Waals surface area contributed by atoms with Crippen LogP contribution in [0.25, 0.3) is 11.1 Å². The molecule has 3 aromatic carbocycles. The van der Waals surface area contributed by atoms with Gasteiger partial charge in [-0.2, -0.15) is 0 Å². The second-order valence-corrected chi connectivity index (χ2v) is 7.09. The van der Waals surface area contributed by atoms with Gasteiger partial charge in [0.1, 0.15) is 17.6 Å². The second kappa shape index (κ2) is 9.76. The predicted molar refractivity (Wildman–Crippen MR) is 119 cm³/mol. The van der Waals surface area contributed by atoms with Gasteiger partial charge in [-0.05, 0) is 66.9 Å². The lowest BCUT2D eigenvalue weighted by atomic mass is 10.0. The first-order valence-electron chi connectivity index (χ1n) is 9.80. The molecule has 5 heteroatoms. The third-order valence-electron chi connectivity index (χ3n) is 4.74. The van der Waals surface area contributed by atoms with Gasteiger partial charge in [0.25, 0.3) is 0 Å². The van der Waals surface area contributed by atoms with Crippen molar-refractivity contribution in [2.45, 2.75) is 20.0 Å². The van der Waals surface area contributed by atoms with E-state index in [2.05, 4.69) is 6.58 Å². The lowest BCUT2D eigenvalue weighted by Gasteiger charge is -2.14. The predicted octanol–water partition coefficient (Wildman–Crippen LogP) is 5.76. The zero-order chi connectivity index (χ0) is 22.4. The first-order valence-corrected chi connectivity index (χ1v) is 9.80. The number of ether oxygens (including phenoxy) is 3. The molecule has 1 atom stereocenters. The van der Waals surface area contributed by atoms with Crippen LogP contribution in [-0.4, -0.2) is 19.0 Å². The van der Waals surface area contributed by atoms with Crippen LogP contribution in [0.15, 0.2) is 84.9 Å². The van der Waals surface area contributed by atoms with Crippen molar-refractivity contribution < 1.29 is 23.8 Å². The summed E-state index contributed by atoms with van der Waals surface area (Å²) in [6, 6.07) is 21.8. The molecule has 0 N–H and O–H groups in total. The molecule has 0 aromatic heterocycles. The van der Waals surface area contributed by atoms with Gasteiger partial charge in [0.2, 0.25) is 0 Å². The van der Waals surface area contributed by atoms with Crippen molar-refractivity contribution >= 4 is 11.9 Å². The Morgan fingerprint density at radius 1 is 0.806 bits per heavy atom. The van der Waals surface area contributed by atoms with Crippen molar-refractivity contribution in [2.75, 3.05) is 7.11 Å². The van der Waals surface area contributed by atoms with E-state index in [9.17, 15) is 9.59 Å². The highest BCUT2D eigenvalue weighted by Gasteiger charge is 2.13. The minimum atomic E-state index is -0.432. The Labute approximate surface area is 181 Å². The van der Waals surface area contributed by atoms with Gasteiger partial charge in [0, 0.05) is 5.57 Å². The Hall–Kier alpha value is -3.86. The Morgan fingerprint density at radius 2 is 1.32 bits per heavy atom.